The van der Waals surface area contributed by atoms with E-state index >= 15 is 0 Å². The van der Waals surface area contributed by atoms with Gasteiger partial charge in [-0.1, -0.05) is 48.5 Å². The first-order chi connectivity index (χ1) is 15.3. The van der Waals surface area contributed by atoms with Crippen LogP contribution in [-0.2, 0) is 0 Å². The van der Waals surface area contributed by atoms with Crippen LogP contribution in [0.1, 0.15) is 10.5 Å². The van der Waals surface area contributed by atoms with E-state index in [-0.39, 0.29) is 5.91 Å². The SMILES string of the molecule is O=C(c1cc(-c2ccccc2)nn1-c1ccccc1)N1CCN(c2ncccn2)CC1. The first kappa shape index (κ1) is 19.0. The molecular formula is C24H22N6O. The standard InChI is InChI=1S/C24H22N6O/c31-23(28-14-16-29(17-15-28)24-25-12-7-13-26-24)22-18-21(19-8-3-1-4-9-19)27-30(22)20-10-5-2-6-11-20/h1-13,18H,14-17H2. The van der Waals surface area contributed by atoms with E-state index in [1.165, 1.54) is 0 Å². The molecule has 2 aromatic heterocycles. The first-order valence-electron chi connectivity index (χ1n) is 10.3. The number of piperazine rings is 1. The van der Waals surface area contributed by atoms with E-state index in [1.807, 2.05) is 71.6 Å². The number of nitrogens with zero attached hydrogens (tertiary/aromatic N) is 6. The van der Waals surface area contributed by atoms with Gasteiger partial charge < -0.3 is 9.80 Å². The summed E-state index contributed by atoms with van der Waals surface area (Å²) < 4.78 is 1.75. The zero-order valence-electron chi connectivity index (χ0n) is 17.0. The summed E-state index contributed by atoms with van der Waals surface area (Å²) in [6.45, 7) is 2.61. The van der Waals surface area contributed by atoms with Crippen LogP contribution < -0.4 is 4.90 Å². The smallest absolute Gasteiger partial charge is 0.272 e. The van der Waals surface area contributed by atoms with Crippen LogP contribution in [0.2, 0.25) is 0 Å². The molecule has 0 saturated carbocycles. The zero-order chi connectivity index (χ0) is 21.0. The number of carbonyl (C=O) groups excluding carboxylic acids is 1. The molecule has 0 radical (unpaired) electrons. The number of anilines is 1. The second-order valence-electron chi connectivity index (χ2n) is 7.36. The Morgan fingerprint density at radius 1 is 0.774 bits per heavy atom. The van der Waals surface area contributed by atoms with E-state index in [9.17, 15) is 4.79 Å². The minimum Gasteiger partial charge on any atom is -0.337 e. The highest BCUT2D eigenvalue weighted by molar-refractivity contribution is 5.94. The van der Waals surface area contributed by atoms with Gasteiger partial charge in [-0.2, -0.15) is 5.10 Å². The van der Waals surface area contributed by atoms with Gasteiger partial charge in [0.25, 0.3) is 5.91 Å². The molecule has 7 nitrogen and oxygen atoms in total. The van der Waals surface area contributed by atoms with Crippen molar-refractivity contribution in [1.29, 1.82) is 0 Å². The average Bonchev–Trinajstić information content (AvgIpc) is 3.31. The molecule has 0 spiro atoms. The van der Waals surface area contributed by atoms with Crippen molar-refractivity contribution in [3.05, 3.63) is 90.9 Å². The predicted octanol–water partition coefficient (Wildman–Crippen LogP) is 3.29. The monoisotopic (exact) mass is 410 g/mol. The number of rotatable bonds is 4. The van der Waals surface area contributed by atoms with Crippen LogP contribution in [0.4, 0.5) is 5.95 Å². The van der Waals surface area contributed by atoms with Crippen molar-refractivity contribution in [2.75, 3.05) is 31.1 Å². The normalized spacial score (nSPS) is 13.9. The van der Waals surface area contributed by atoms with E-state index < -0.39 is 0 Å². The maximum absolute atomic E-state index is 13.5. The third kappa shape index (κ3) is 3.90. The molecule has 7 heteroatoms. The van der Waals surface area contributed by atoms with Crippen LogP contribution in [-0.4, -0.2) is 56.7 Å². The third-order valence-electron chi connectivity index (χ3n) is 5.40. The third-order valence-corrected chi connectivity index (χ3v) is 5.40. The molecule has 5 rings (SSSR count). The van der Waals surface area contributed by atoms with Crippen LogP contribution in [0, 0.1) is 0 Å². The number of benzene rings is 2. The topological polar surface area (TPSA) is 67.2 Å². The predicted molar refractivity (Wildman–Crippen MR) is 119 cm³/mol. The summed E-state index contributed by atoms with van der Waals surface area (Å²) in [6, 6.07) is 23.4. The molecule has 0 bridgehead atoms. The van der Waals surface area contributed by atoms with Crippen molar-refractivity contribution in [2.24, 2.45) is 0 Å². The number of aromatic nitrogens is 4. The molecule has 154 valence electrons. The summed E-state index contributed by atoms with van der Waals surface area (Å²) >= 11 is 0. The van der Waals surface area contributed by atoms with Crippen LogP contribution in [0.3, 0.4) is 0 Å². The number of hydrogen-bond donors (Lipinski definition) is 0. The summed E-state index contributed by atoms with van der Waals surface area (Å²) in [5.74, 6) is 0.683. The fraction of sp³-hybridized carbons (Fsp3) is 0.167. The maximum atomic E-state index is 13.5. The minimum absolute atomic E-state index is 0.0211. The molecule has 0 unspecified atom stereocenters. The lowest BCUT2D eigenvalue weighted by atomic mass is 10.1. The van der Waals surface area contributed by atoms with Gasteiger partial charge >= 0.3 is 0 Å². The van der Waals surface area contributed by atoms with Crippen LogP contribution in [0.5, 0.6) is 0 Å². The van der Waals surface area contributed by atoms with Crippen molar-refractivity contribution in [2.45, 2.75) is 0 Å². The molecule has 1 fully saturated rings. The fourth-order valence-corrected chi connectivity index (χ4v) is 3.78. The van der Waals surface area contributed by atoms with Gasteiger partial charge in [0.15, 0.2) is 0 Å². The van der Waals surface area contributed by atoms with Gasteiger partial charge in [-0.25, -0.2) is 14.6 Å². The molecule has 1 aliphatic heterocycles. The Kier molecular flexibility index (Phi) is 5.14. The molecule has 4 aromatic rings. The van der Waals surface area contributed by atoms with Gasteiger partial charge in [0.05, 0.1) is 11.4 Å². The molecule has 0 atom stereocenters. The van der Waals surface area contributed by atoms with Crippen molar-refractivity contribution < 1.29 is 4.79 Å². The van der Waals surface area contributed by atoms with Gasteiger partial charge in [-0.3, -0.25) is 4.79 Å². The van der Waals surface area contributed by atoms with E-state index in [0.29, 0.717) is 37.8 Å². The highest BCUT2D eigenvalue weighted by Crippen LogP contribution is 2.23. The molecule has 2 aromatic carbocycles. The van der Waals surface area contributed by atoms with E-state index in [1.54, 1.807) is 23.1 Å². The lowest BCUT2D eigenvalue weighted by Crippen LogP contribution is -2.49. The van der Waals surface area contributed by atoms with E-state index in [4.69, 9.17) is 5.10 Å². The van der Waals surface area contributed by atoms with Gasteiger partial charge in [-0.15, -0.1) is 0 Å². The zero-order valence-corrected chi connectivity index (χ0v) is 17.0. The van der Waals surface area contributed by atoms with Crippen molar-refractivity contribution >= 4 is 11.9 Å². The summed E-state index contributed by atoms with van der Waals surface area (Å²) in [6.07, 6.45) is 3.48. The van der Waals surface area contributed by atoms with Gasteiger partial charge in [-0.05, 0) is 24.3 Å². The Labute approximate surface area is 180 Å². The van der Waals surface area contributed by atoms with Gasteiger partial charge in [0, 0.05) is 44.1 Å². The molecule has 1 amide bonds. The van der Waals surface area contributed by atoms with Crippen molar-refractivity contribution in [1.82, 2.24) is 24.6 Å². The van der Waals surface area contributed by atoms with E-state index in [0.717, 1.165) is 16.9 Å². The molecule has 3 heterocycles. The van der Waals surface area contributed by atoms with Crippen LogP contribution in [0.15, 0.2) is 85.2 Å². The van der Waals surface area contributed by atoms with Crippen molar-refractivity contribution in [3.8, 4) is 16.9 Å². The molecule has 1 aliphatic rings. The fourth-order valence-electron chi connectivity index (χ4n) is 3.78. The van der Waals surface area contributed by atoms with Crippen LogP contribution >= 0.6 is 0 Å². The molecule has 0 N–H and O–H groups in total. The molecule has 1 saturated heterocycles. The Hall–Kier alpha value is -4.00. The quantitative estimate of drug-likeness (QED) is 0.517. The summed E-state index contributed by atoms with van der Waals surface area (Å²) in [5, 5.41) is 4.77. The molecule has 0 aliphatic carbocycles. The number of carbonyl (C=O) groups is 1. The Balaban J connectivity index is 1.42. The molecular weight excluding hydrogens is 388 g/mol. The largest absolute Gasteiger partial charge is 0.337 e. The summed E-state index contributed by atoms with van der Waals surface area (Å²) in [5.41, 5.74) is 3.19. The highest BCUT2D eigenvalue weighted by atomic mass is 16.2. The lowest BCUT2D eigenvalue weighted by Gasteiger charge is -2.34. The number of amides is 1. The minimum atomic E-state index is -0.0211. The first-order valence-corrected chi connectivity index (χ1v) is 10.3. The van der Waals surface area contributed by atoms with E-state index in [2.05, 4.69) is 14.9 Å². The van der Waals surface area contributed by atoms with Gasteiger partial charge in [0.1, 0.15) is 5.69 Å². The number of hydrogen-bond acceptors (Lipinski definition) is 5. The maximum Gasteiger partial charge on any atom is 0.272 e. The molecule has 31 heavy (non-hydrogen) atoms. The highest BCUT2D eigenvalue weighted by Gasteiger charge is 2.27. The van der Waals surface area contributed by atoms with Gasteiger partial charge in [0.2, 0.25) is 5.95 Å². The summed E-state index contributed by atoms with van der Waals surface area (Å²) in [7, 11) is 0. The lowest BCUT2D eigenvalue weighted by molar-refractivity contribution is 0.0737. The Morgan fingerprint density at radius 3 is 2.10 bits per heavy atom. The second-order valence-corrected chi connectivity index (χ2v) is 7.36. The van der Waals surface area contributed by atoms with Crippen molar-refractivity contribution in [3.63, 3.8) is 0 Å². The number of para-hydroxylation sites is 1. The average molecular weight is 410 g/mol. The summed E-state index contributed by atoms with van der Waals surface area (Å²) in [4.78, 5) is 26.1. The Morgan fingerprint density at radius 2 is 1.42 bits per heavy atom. The van der Waals surface area contributed by atoms with Crippen LogP contribution in [0.25, 0.3) is 16.9 Å². The Bertz CT molecular complexity index is 1150. The second kappa shape index (κ2) is 8.39.